The SMILES string of the molecule is C[C@@H]1CC[C@@]2(OC1)O[C@H]1C[C@H]3[C@@H]4CC[C@H]5C[C@@H](OC(=O)c6ccc([N+](=O)[O-])cc6)CC[C@]5(C)[C@H]4CC(=O)[C@]3(C)[C@H]1[C@@H]2C. The van der Waals surface area contributed by atoms with E-state index in [-0.39, 0.29) is 40.6 Å². The second-order valence-corrected chi connectivity index (χ2v) is 15.1. The maximum atomic E-state index is 14.3. The Morgan fingerprint density at radius 3 is 2.48 bits per heavy atom. The van der Waals surface area contributed by atoms with Crippen molar-refractivity contribution in [2.24, 2.45) is 52.3 Å². The summed E-state index contributed by atoms with van der Waals surface area (Å²) in [5, 5.41) is 11.0. The van der Waals surface area contributed by atoms with Gasteiger partial charge in [0.1, 0.15) is 11.9 Å². The van der Waals surface area contributed by atoms with Crippen LogP contribution in [0, 0.1) is 62.4 Å². The zero-order valence-corrected chi connectivity index (χ0v) is 25.4. The molecule has 12 atom stereocenters. The van der Waals surface area contributed by atoms with Crippen molar-refractivity contribution in [3.05, 3.63) is 39.9 Å². The van der Waals surface area contributed by atoms with Crippen molar-refractivity contribution in [3.63, 3.8) is 0 Å². The molecule has 0 radical (unpaired) electrons. The van der Waals surface area contributed by atoms with Crippen LogP contribution in [0.5, 0.6) is 0 Å². The first kappa shape index (κ1) is 28.5. The number of Topliss-reactive ketones (excluding diaryl/α,β-unsaturated/α-hetero) is 1. The van der Waals surface area contributed by atoms with Gasteiger partial charge in [-0.2, -0.15) is 0 Å². The fourth-order valence-corrected chi connectivity index (χ4v) is 11.0. The van der Waals surface area contributed by atoms with Gasteiger partial charge in [-0.1, -0.05) is 27.7 Å². The van der Waals surface area contributed by atoms with E-state index < -0.39 is 16.7 Å². The zero-order valence-electron chi connectivity index (χ0n) is 25.4. The number of rotatable bonds is 3. The number of non-ortho nitro benzene ring substituents is 1. The molecule has 2 saturated heterocycles. The lowest BCUT2D eigenvalue weighted by molar-refractivity contribution is -0.384. The molecule has 4 saturated carbocycles. The number of fused-ring (bicyclic) bond motifs is 7. The Balaban J connectivity index is 1.05. The lowest BCUT2D eigenvalue weighted by Crippen LogP contribution is -2.58. The van der Waals surface area contributed by atoms with Crippen LogP contribution in [0.25, 0.3) is 0 Å². The van der Waals surface area contributed by atoms with Crippen molar-refractivity contribution >= 4 is 17.4 Å². The van der Waals surface area contributed by atoms with E-state index in [2.05, 4.69) is 27.7 Å². The molecule has 6 fully saturated rings. The Bertz CT molecular complexity index is 1270. The molecule has 1 spiro atoms. The van der Waals surface area contributed by atoms with Gasteiger partial charge in [-0.3, -0.25) is 14.9 Å². The van der Waals surface area contributed by atoms with Crippen LogP contribution in [0.15, 0.2) is 24.3 Å². The van der Waals surface area contributed by atoms with E-state index in [9.17, 15) is 19.7 Å². The molecule has 228 valence electrons. The van der Waals surface area contributed by atoms with E-state index in [1.54, 1.807) is 0 Å². The highest BCUT2D eigenvalue weighted by molar-refractivity contribution is 5.89. The number of carbonyl (C=O) groups is 2. The standard InChI is InChI=1S/C34H45NO7/c1-19-11-14-34(40-18-19)20(2)30-28(42-34)16-27-25-10-7-22-15-24(41-31(37)21-5-8-23(9-6-21)35(38)39)12-13-32(22,3)26(25)17-29(36)33(27,30)4/h5-6,8-9,19-20,22,24-28,30H,7,10-18H2,1-4H3/t19-,20+,22+,24+,25-,26+,27+,28+,30+,32+,33-,34-/m1/s1. The van der Waals surface area contributed by atoms with Crippen LogP contribution in [-0.4, -0.2) is 41.3 Å². The first-order valence-electron chi connectivity index (χ1n) is 16.3. The van der Waals surface area contributed by atoms with E-state index in [0.29, 0.717) is 47.4 Å². The molecule has 2 aliphatic heterocycles. The van der Waals surface area contributed by atoms with Gasteiger partial charge >= 0.3 is 5.97 Å². The monoisotopic (exact) mass is 579 g/mol. The van der Waals surface area contributed by atoms with Crippen LogP contribution >= 0.6 is 0 Å². The minimum absolute atomic E-state index is 0.0433. The zero-order chi connectivity index (χ0) is 29.6. The van der Waals surface area contributed by atoms with Crippen LogP contribution in [0.3, 0.4) is 0 Å². The molecule has 0 amide bonds. The molecule has 8 heteroatoms. The summed E-state index contributed by atoms with van der Waals surface area (Å²) in [7, 11) is 0. The Morgan fingerprint density at radius 2 is 1.79 bits per heavy atom. The van der Waals surface area contributed by atoms with Crippen molar-refractivity contribution in [1.29, 1.82) is 0 Å². The van der Waals surface area contributed by atoms with Gasteiger partial charge in [0.05, 0.1) is 23.2 Å². The number of carbonyl (C=O) groups excluding carboxylic acids is 2. The predicted octanol–water partition coefficient (Wildman–Crippen LogP) is 6.75. The minimum atomic E-state index is -0.513. The molecule has 0 aromatic heterocycles. The molecule has 4 aliphatic carbocycles. The number of esters is 1. The summed E-state index contributed by atoms with van der Waals surface area (Å²) < 4.78 is 19.2. The lowest BCUT2D eigenvalue weighted by Gasteiger charge is -2.60. The van der Waals surface area contributed by atoms with Crippen LogP contribution in [0.1, 0.15) is 95.8 Å². The van der Waals surface area contributed by atoms with Crippen LogP contribution in [-0.2, 0) is 19.0 Å². The number of nitrogens with zero attached hydrogens (tertiary/aromatic N) is 1. The maximum absolute atomic E-state index is 14.3. The number of hydrogen-bond donors (Lipinski definition) is 0. The van der Waals surface area contributed by atoms with Gasteiger partial charge in [-0.15, -0.1) is 0 Å². The molecule has 8 nitrogen and oxygen atoms in total. The second kappa shape index (κ2) is 9.85. The van der Waals surface area contributed by atoms with Gasteiger partial charge in [0.2, 0.25) is 0 Å². The fourth-order valence-electron chi connectivity index (χ4n) is 11.0. The highest BCUT2D eigenvalue weighted by Crippen LogP contribution is 2.70. The molecule has 1 aromatic rings. The molecule has 6 aliphatic rings. The summed E-state index contributed by atoms with van der Waals surface area (Å²) in [5.74, 6) is 2.17. The van der Waals surface area contributed by atoms with E-state index in [4.69, 9.17) is 14.2 Å². The average Bonchev–Trinajstić information content (AvgIpc) is 3.42. The number of nitro groups is 1. The van der Waals surface area contributed by atoms with Gasteiger partial charge < -0.3 is 14.2 Å². The summed E-state index contributed by atoms with van der Waals surface area (Å²) in [4.78, 5) is 37.6. The van der Waals surface area contributed by atoms with Crippen LogP contribution in [0.2, 0.25) is 0 Å². The van der Waals surface area contributed by atoms with Gasteiger partial charge in [0.25, 0.3) is 5.69 Å². The summed E-state index contributed by atoms with van der Waals surface area (Å²) in [5.41, 5.74) is 0.0117. The summed E-state index contributed by atoms with van der Waals surface area (Å²) in [6.07, 6.45) is 8.37. The maximum Gasteiger partial charge on any atom is 0.338 e. The van der Waals surface area contributed by atoms with Crippen LogP contribution in [0.4, 0.5) is 5.69 Å². The van der Waals surface area contributed by atoms with E-state index >= 15 is 0 Å². The highest BCUT2D eigenvalue weighted by atomic mass is 16.7. The van der Waals surface area contributed by atoms with Gasteiger partial charge in [0.15, 0.2) is 5.79 Å². The van der Waals surface area contributed by atoms with Gasteiger partial charge in [0, 0.05) is 42.2 Å². The first-order chi connectivity index (χ1) is 20.0. The lowest BCUT2D eigenvalue weighted by atomic mass is 9.44. The number of ketones is 1. The molecule has 1 aromatic carbocycles. The highest BCUT2D eigenvalue weighted by Gasteiger charge is 2.71. The molecular weight excluding hydrogens is 534 g/mol. The quantitative estimate of drug-likeness (QED) is 0.222. The second-order valence-electron chi connectivity index (χ2n) is 15.1. The van der Waals surface area contributed by atoms with Crippen molar-refractivity contribution in [1.82, 2.24) is 0 Å². The van der Waals surface area contributed by atoms with E-state index in [1.807, 2.05) is 0 Å². The minimum Gasteiger partial charge on any atom is -0.459 e. The number of benzene rings is 1. The van der Waals surface area contributed by atoms with Crippen molar-refractivity contribution in [3.8, 4) is 0 Å². The Kier molecular flexibility index (Phi) is 6.67. The van der Waals surface area contributed by atoms with Crippen LogP contribution < -0.4 is 0 Å². The first-order valence-corrected chi connectivity index (χ1v) is 16.3. The topological polar surface area (TPSA) is 105 Å². The normalized spacial score (nSPS) is 47.7. The summed E-state index contributed by atoms with van der Waals surface area (Å²) in [6, 6.07) is 5.62. The number of nitro benzene ring substituents is 1. The molecular formula is C34H45NO7. The third-order valence-electron chi connectivity index (χ3n) is 13.3. The molecule has 0 bridgehead atoms. The van der Waals surface area contributed by atoms with Gasteiger partial charge in [-0.25, -0.2) is 4.79 Å². The molecule has 42 heavy (non-hydrogen) atoms. The predicted molar refractivity (Wildman–Crippen MR) is 154 cm³/mol. The van der Waals surface area contributed by atoms with Gasteiger partial charge in [-0.05, 0) is 92.1 Å². The smallest absolute Gasteiger partial charge is 0.338 e. The van der Waals surface area contributed by atoms with E-state index in [1.165, 1.54) is 24.3 Å². The molecule has 7 rings (SSSR count). The van der Waals surface area contributed by atoms with E-state index in [0.717, 1.165) is 58.0 Å². The number of ether oxygens (including phenoxy) is 3. The molecule has 2 heterocycles. The third-order valence-corrected chi connectivity index (χ3v) is 13.3. The molecule has 0 unspecified atom stereocenters. The van der Waals surface area contributed by atoms with Crippen molar-refractivity contribution in [2.75, 3.05) is 6.61 Å². The molecule has 0 N–H and O–H groups in total. The Hall–Kier alpha value is -2.32. The Morgan fingerprint density at radius 1 is 1.02 bits per heavy atom. The third kappa shape index (κ3) is 4.06. The summed E-state index contributed by atoms with van der Waals surface area (Å²) >= 11 is 0. The average molecular weight is 580 g/mol. The Labute approximate surface area is 248 Å². The number of hydrogen-bond acceptors (Lipinski definition) is 7. The summed E-state index contributed by atoms with van der Waals surface area (Å²) in [6.45, 7) is 9.94. The fraction of sp³-hybridized carbons (Fsp3) is 0.765. The van der Waals surface area contributed by atoms with Crippen molar-refractivity contribution < 1.29 is 28.7 Å². The largest absolute Gasteiger partial charge is 0.459 e. The van der Waals surface area contributed by atoms with Crippen molar-refractivity contribution in [2.45, 2.75) is 103 Å².